The van der Waals surface area contributed by atoms with Gasteiger partial charge in [0.05, 0.1) is 21.5 Å². The van der Waals surface area contributed by atoms with E-state index in [1.165, 1.54) is 0 Å². The maximum absolute atomic E-state index is 12.3. The number of hydrogen-bond acceptors (Lipinski definition) is 4. The van der Waals surface area contributed by atoms with Gasteiger partial charge in [-0.2, -0.15) is 0 Å². The maximum atomic E-state index is 12.3. The maximum Gasteiger partial charge on any atom is 0.261 e. The van der Waals surface area contributed by atoms with E-state index in [1.54, 1.807) is 47.5 Å². The van der Waals surface area contributed by atoms with E-state index in [1.807, 2.05) is 12.1 Å². The van der Waals surface area contributed by atoms with Crippen LogP contribution in [0.4, 0.5) is 0 Å². The molecule has 1 aromatic carbocycles. The molecule has 24 heavy (non-hydrogen) atoms. The molecule has 0 bridgehead atoms. The second-order valence-corrected chi connectivity index (χ2v) is 8.06. The molecule has 2 aromatic rings. The van der Waals surface area contributed by atoms with Crippen molar-refractivity contribution >= 4 is 45.0 Å². The number of fused-ring (bicyclic) bond motifs is 1. The first kappa shape index (κ1) is 16.9. The third kappa shape index (κ3) is 3.27. The Morgan fingerprint density at radius 2 is 1.75 bits per heavy atom. The Labute approximate surface area is 152 Å². The van der Waals surface area contributed by atoms with Crippen molar-refractivity contribution in [3.63, 3.8) is 0 Å². The van der Waals surface area contributed by atoms with Gasteiger partial charge in [-0.15, -0.1) is 11.3 Å². The van der Waals surface area contributed by atoms with E-state index >= 15 is 0 Å². The van der Waals surface area contributed by atoms with Gasteiger partial charge in [0, 0.05) is 24.9 Å². The van der Waals surface area contributed by atoms with Crippen LogP contribution in [0, 0.1) is 0 Å². The number of rotatable bonds is 5. The van der Waals surface area contributed by atoms with Crippen molar-refractivity contribution in [2.45, 2.75) is 13.0 Å². The van der Waals surface area contributed by atoms with Gasteiger partial charge < -0.3 is 4.90 Å². The van der Waals surface area contributed by atoms with Crippen LogP contribution in [-0.2, 0) is 11.3 Å². The normalized spacial score (nSPS) is 13.3. The molecule has 0 spiro atoms. The average molecular weight is 407 g/mol. The number of imide groups is 1. The molecule has 5 nitrogen and oxygen atoms in total. The molecule has 0 radical (unpaired) electrons. The highest BCUT2D eigenvalue weighted by molar-refractivity contribution is 9.11. The van der Waals surface area contributed by atoms with E-state index in [-0.39, 0.29) is 30.7 Å². The van der Waals surface area contributed by atoms with E-state index < -0.39 is 0 Å². The summed E-state index contributed by atoms with van der Waals surface area (Å²) in [6.07, 6.45) is 0.120. The smallest absolute Gasteiger partial charge is 0.261 e. The molecule has 0 N–H and O–H groups in total. The quantitative estimate of drug-likeness (QED) is 0.716. The fraction of sp³-hybridized carbons (Fsp3) is 0.235. The Kier molecular flexibility index (Phi) is 4.82. The predicted molar refractivity (Wildman–Crippen MR) is 94.9 cm³/mol. The highest BCUT2D eigenvalue weighted by Crippen LogP contribution is 2.24. The second-order valence-electron chi connectivity index (χ2n) is 5.51. The molecule has 0 fully saturated rings. The van der Waals surface area contributed by atoms with Crippen molar-refractivity contribution in [3.8, 4) is 0 Å². The minimum absolute atomic E-state index is 0.101. The number of halogens is 1. The lowest BCUT2D eigenvalue weighted by Gasteiger charge is -2.18. The molecule has 7 heteroatoms. The zero-order chi connectivity index (χ0) is 17.3. The largest absolute Gasteiger partial charge is 0.341 e. The number of carbonyl (C=O) groups excluding carboxylic acids is 3. The summed E-state index contributed by atoms with van der Waals surface area (Å²) in [5.41, 5.74) is 0.818. The highest BCUT2D eigenvalue weighted by Gasteiger charge is 2.35. The molecule has 0 aliphatic carbocycles. The van der Waals surface area contributed by atoms with Gasteiger partial charge in [-0.05, 0) is 40.2 Å². The average Bonchev–Trinajstić information content (AvgIpc) is 3.08. The monoisotopic (exact) mass is 406 g/mol. The second kappa shape index (κ2) is 6.86. The van der Waals surface area contributed by atoms with Crippen molar-refractivity contribution < 1.29 is 14.4 Å². The summed E-state index contributed by atoms with van der Waals surface area (Å²) in [5.74, 6) is -0.752. The van der Waals surface area contributed by atoms with Gasteiger partial charge in [0.1, 0.15) is 0 Å². The summed E-state index contributed by atoms with van der Waals surface area (Å²) in [7, 11) is 1.72. The fourth-order valence-electron chi connectivity index (χ4n) is 2.60. The van der Waals surface area contributed by atoms with Gasteiger partial charge in [0.15, 0.2) is 0 Å². The molecule has 0 saturated carbocycles. The van der Waals surface area contributed by atoms with Crippen LogP contribution in [0.1, 0.15) is 32.0 Å². The van der Waals surface area contributed by atoms with Gasteiger partial charge in [-0.25, -0.2) is 0 Å². The number of carbonyl (C=O) groups is 3. The third-order valence-corrected chi connectivity index (χ3v) is 5.48. The number of thiophene rings is 1. The van der Waals surface area contributed by atoms with Crippen molar-refractivity contribution in [1.29, 1.82) is 0 Å². The number of nitrogens with zero attached hydrogens (tertiary/aromatic N) is 2. The summed E-state index contributed by atoms with van der Waals surface area (Å²) < 4.78 is 1.02. The molecule has 0 unspecified atom stereocenters. The van der Waals surface area contributed by atoms with Crippen molar-refractivity contribution in [1.82, 2.24) is 9.80 Å². The van der Waals surface area contributed by atoms with Crippen LogP contribution in [0.3, 0.4) is 0 Å². The molecule has 124 valence electrons. The summed E-state index contributed by atoms with van der Waals surface area (Å²) in [6.45, 7) is 0.612. The van der Waals surface area contributed by atoms with Gasteiger partial charge >= 0.3 is 0 Å². The first-order valence-electron chi connectivity index (χ1n) is 7.41. The molecular weight excluding hydrogens is 392 g/mol. The van der Waals surface area contributed by atoms with E-state index in [0.29, 0.717) is 17.7 Å². The van der Waals surface area contributed by atoms with E-state index in [9.17, 15) is 14.4 Å². The van der Waals surface area contributed by atoms with E-state index in [0.717, 1.165) is 13.6 Å². The third-order valence-electron chi connectivity index (χ3n) is 3.88. The molecule has 3 amide bonds. The van der Waals surface area contributed by atoms with Gasteiger partial charge in [-0.1, -0.05) is 12.1 Å². The van der Waals surface area contributed by atoms with Crippen LogP contribution in [0.2, 0.25) is 0 Å². The molecular formula is C17H15BrN2O3S. The summed E-state index contributed by atoms with van der Waals surface area (Å²) in [6, 6.07) is 10.6. The standard InChI is InChI=1S/C17H15BrN2O3S/c1-19(10-11-6-7-14(18)24-11)15(21)8-9-20-16(22)12-4-2-3-5-13(12)17(20)23/h2-7H,8-10H2,1H3. The minimum Gasteiger partial charge on any atom is -0.341 e. The van der Waals surface area contributed by atoms with Crippen molar-refractivity contribution in [3.05, 3.63) is 56.2 Å². The van der Waals surface area contributed by atoms with E-state index in [2.05, 4.69) is 15.9 Å². The summed E-state index contributed by atoms with van der Waals surface area (Å²) >= 11 is 4.97. The Morgan fingerprint density at radius 1 is 1.12 bits per heavy atom. The molecule has 2 heterocycles. The highest BCUT2D eigenvalue weighted by atomic mass is 79.9. The van der Waals surface area contributed by atoms with E-state index in [4.69, 9.17) is 0 Å². The molecule has 1 aromatic heterocycles. The Bertz CT molecular complexity index is 783. The van der Waals surface area contributed by atoms with Crippen LogP contribution < -0.4 is 0 Å². The van der Waals surface area contributed by atoms with Gasteiger partial charge in [-0.3, -0.25) is 19.3 Å². The molecule has 0 atom stereocenters. The number of benzene rings is 1. The topological polar surface area (TPSA) is 57.7 Å². The Balaban J connectivity index is 1.59. The lowest BCUT2D eigenvalue weighted by molar-refractivity contribution is -0.130. The van der Waals surface area contributed by atoms with Crippen LogP contribution in [0.15, 0.2) is 40.2 Å². The van der Waals surface area contributed by atoms with Crippen molar-refractivity contribution in [2.75, 3.05) is 13.6 Å². The molecule has 3 rings (SSSR count). The lowest BCUT2D eigenvalue weighted by Crippen LogP contribution is -2.35. The zero-order valence-electron chi connectivity index (χ0n) is 13.0. The summed E-state index contributed by atoms with van der Waals surface area (Å²) in [5, 5.41) is 0. The number of amides is 3. The zero-order valence-corrected chi connectivity index (χ0v) is 15.4. The van der Waals surface area contributed by atoms with Crippen LogP contribution in [-0.4, -0.2) is 41.1 Å². The molecule has 1 aliphatic heterocycles. The first-order valence-corrected chi connectivity index (χ1v) is 9.01. The van der Waals surface area contributed by atoms with Crippen LogP contribution in [0.25, 0.3) is 0 Å². The first-order chi connectivity index (χ1) is 11.5. The van der Waals surface area contributed by atoms with Crippen LogP contribution >= 0.6 is 27.3 Å². The molecule has 1 aliphatic rings. The van der Waals surface area contributed by atoms with Crippen molar-refractivity contribution in [2.24, 2.45) is 0 Å². The van der Waals surface area contributed by atoms with Crippen LogP contribution in [0.5, 0.6) is 0 Å². The van der Waals surface area contributed by atoms with Gasteiger partial charge in [0.2, 0.25) is 5.91 Å². The molecule has 0 saturated heterocycles. The Morgan fingerprint density at radius 3 is 2.29 bits per heavy atom. The number of hydrogen-bond donors (Lipinski definition) is 0. The summed E-state index contributed by atoms with van der Waals surface area (Å²) in [4.78, 5) is 40.6. The SMILES string of the molecule is CN(Cc1ccc(Br)s1)C(=O)CCN1C(=O)c2ccccc2C1=O. The predicted octanol–water partition coefficient (Wildman–Crippen LogP) is 3.16. The fourth-order valence-corrected chi connectivity index (χ4v) is 4.14. The Hall–Kier alpha value is -1.99. The lowest BCUT2D eigenvalue weighted by atomic mass is 10.1. The van der Waals surface area contributed by atoms with Gasteiger partial charge in [0.25, 0.3) is 11.8 Å². The minimum atomic E-state index is -0.326.